The normalized spacial score (nSPS) is 11.4. The summed E-state index contributed by atoms with van der Waals surface area (Å²) in [5.41, 5.74) is 3.34. The van der Waals surface area contributed by atoms with Gasteiger partial charge in [-0.15, -0.1) is 0 Å². The molecule has 0 radical (unpaired) electrons. The highest BCUT2D eigenvalue weighted by Gasteiger charge is 2.19. The van der Waals surface area contributed by atoms with Gasteiger partial charge in [0.05, 0.1) is 0 Å². The Morgan fingerprint density at radius 2 is 1.95 bits per heavy atom. The SMILES string of the molecule is Cc1ccnc(Sc2cc(NN)nc(C(C)(C)C)n2)n1. The lowest BCUT2D eigenvalue weighted by atomic mass is 9.96. The van der Waals surface area contributed by atoms with Crippen LogP contribution in [0.4, 0.5) is 5.82 Å². The van der Waals surface area contributed by atoms with Crippen LogP contribution in [0.25, 0.3) is 0 Å². The Morgan fingerprint density at radius 1 is 1.20 bits per heavy atom. The molecule has 2 heterocycles. The van der Waals surface area contributed by atoms with E-state index in [-0.39, 0.29) is 5.41 Å². The Morgan fingerprint density at radius 3 is 2.55 bits per heavy atom. The summed E-state index contributed by atoms with van der Waals surface area (Å²) >= 11 is 1.39. The van der Waals surface area contributed by atoms with Gasteiger partial charge in [0.2, 0.25) is 0 Å². The van der Waals surface area contributed by atoms with E-state index < -0.39 is 0 Å². The highest BCUT2D eigenvalue weighted by atomic mass is 32.2. The van der Waals surface area contributed by atoms with Gasteiger partial charge in [-0.2, -0.15) is 0 Å². The number of nitrogens with one attached hydrogen (secondary N) is 1. The van der Waals surface area contributed by atoms with Gasteiger partial charge < -0.3 is 5.43 Å². The van der Waals surface area contributed by atoms with Gasteiger partial charge in [0, 0.05) is 23.4 Å². The second kappa shape index (κ2) is 5.72. The van der Waals surface area contributed by atoms with Crippen molar-refractivity contribution in [3.05, 3.63) is 29.8 Å². The number of aryl methyl sites for hydroxylation is 1. The van der Waals surface area contributed by atoms with Crippen LogP contribution >= 0.6 is 11.8 Å². The summed E-state index contributed by atoms with van der Waals surface area (Å²) < 4.78 is 0. The second-order valence-corrected chi connectivity index (χ2v) is 6.38. The number of nitrogens with two attached hydrogens (primary N) is 1. The largest absolute Gasteiger partial charge is 0.308 e. The number of nitrogen functional groups attached to an aromatic ring is 1. The van der Waals surface area contributed by atoms with E-state index in [0.29, 0.717) is 11.0 Å². The standard InChI is InChI=1S/C13H18N6S/c1-8-5-6-15-12(16-8)20-10-7-9(19-14)17-11(18-10)13(2,3)4/h5-7H,14H2,1-4H3,(H,17,18,19). The molecule has 0 amide bonds. The smallest absolute Gasteiger partial charge is 0.194 e. The average molecular weight is 290 g/mol. The molecule has 2 aromatic rings. The molecule has 0 bridgehead atoms. The molecule has 3 N–H and O–H groups in total. The zero-order valence-electron chi connectivity index (χ0n) is 12.0. The first-order valence-electron chi connectivity index (χ1n) is 6.22. The van der Waals surface area contributed by atoms with Crippen LogP contribution in [0.3, 0.4) is 0 Å². The van der Waals surface area contributed by atoms with E-state index in [1.54, 1.807) is 12.3 Å². The Kier molecular flexibility index (Phi) is 4.20. The molecular formula is C13H18N6S. The van der Waals surface area contributed by atoms with E-state index in [1.807, 2.05) is 13.0 Å². The van der Waals surface area contributed by atoms with Crippen molar-refractivity contribution < 1.29 is 0 Å². The van der Waals surface area contributed by atoms with Crippen molar-refractivity contribution in [2.75, 3.05) is 5.43 Å². The molecule has 20 heavy (non-hydrogen) atoms. The van der Waals surface area contributed by atoms with E-state index in [4.69, 9.17) is 5.84 Å². The molecule has 0 spiro atoms. The van der Waals surface area contributed by atoms with Crippen molar-refractivity contribution in [3.8, 4) is 0 Å². The zero-order valence-corrected chi connectivity index (χ0v) is 12.8. The maximum atomic E-state index is 5.47. The minimum absolute atomic E-state index is 0.157. The van der Waals surface area contributed by atoms with E-state index in [9.17, 15) is 0 Å². The van der Waals surface area contributed by atoms with Crippen LogP contribution in [0.2, 0.25) is 0 Å². The molecule has 0 unspecified atom stereocenters. The molecule has 0 aliphatic rings. The van der Waals surface area contributed by atoms with E-state index in [1.165, 1.54) is 11.8 Å². The highest BCUT2D eigenvalue weighted by Crippen LogP contribution is 2.27. The van der Waals surface area contributed by atoms with Crippen molar-refractivity contribution in [2.24, 2.45) is 5.84 Å². The molecule has 0 fully saturated rings. The third-order valence-electron chi connectivity index (χ3n) is 2.49. The molecule has 7 heteroatoms. The van der Waals surface area contributed by atoms with E-state index in [0.717, 1.165) is 16.5 Å². The van der Waals surface area contributed by atoms with Gasteiger partial charge in [-0.1, -0.05) is 20.8 Å². The molecule has 6 nitrogen and oxygen atoms in total. The molecule has 0 atom stereocenters. The summed E-state index contributed by atoms with van der Waals surface area (Å²) in [4.78, 5) is 17.5. The van der Waals surface area contributed by atoms with Crippen molar-refractivity contribution in [1.82, 2.24) is 19.9 Å². The Bertz CT molecular complexity index is 608. The number of hydrogen-bond acceptors (Lipinski definition) is 7. The summed E-state index contributed by atoms with van der Waals surface area (Å²) in [5.74, 6) is 6.78. The lowest BCUT2D eigenvalue weighted by molar-refractivity contribution is 0.539. The highest BCUT2D eigenvalue weighted by molar-refractivity contribution is 7.99. The van der Waals surface area contributed by atoms with Gasteiger partial charge in [0.15, 0.2) is 5.16 Å². The fraction of sp³-hybridized carbons (Fsp3) is 0.385. The van der Waals surface area contributed by atoms with Crippen molar-refractivity contribution in [1.29, 1.82) is 0 Å². The molecule has 0 aromatic carbocycles. The zero-order chi connectivity index (χ0) is 14.8. The van der Waals surface area contributed by atoms with E-state index in [2.05, 4.69) is 46.1 Å². The predicted octanol–water partition coefficient (Wildman–Crippen LogP) is 2.31. The number of anilines is 1. The maximum Gasteiger partial charge on any atom is 0.194 e. The minimum Gasteiger partial charge on any atom is -0.308 e. The van der Waals surface area contributed by atoms with Crippen LogP contribution in [0.5, 0.6) is 0 Å². The third kappa shape index (κ3) is 3.64. The van der Waals surface area contributed by atoms with Crippen LogP contribution in [0.15, 0.2) is 28.5 Å². The number of rotatable bonds is 3. The number of hydrazine groups is 1. The molecule has 0 aliphatic heterocycles. The van der Waals surface area contributed by atoms with Gasteiger partial charge in [-0.05, 0) is 24.8 Å². The Labute approximate surface area is 122 Å². The minimum atomic E-state index is -0.157. The predicted molar refractivity (Wildman–Crippen MR) is 79.4 cm³/mol. The maximum absolute atomic E-state index is 5.47. The monoisotopic (exact) mass is 290 g/mol. The Hall–Kier alpha value is -1.73. The van der Waals surface area contributed by atoms with Crippen molar-refractivity contribution >= 4 is 17.6 Å². The number of aromatic nitrogens is 4. The van der Waals surface area contributed by atoms with Crippen LogP contribution in [0, 0.1) is 6.92 Å². The van der Waals surface area contributed by atoms with Crippen LogP contribution < -0.4 is 11.3 Å². The fourth-order valence-electron chi connectivity index (χ4n) is 1.46. The molecular weight excluding hydrogens is 272 g/mol. The molecule has 2 aromatic heterocycles. The molecule has 0 saturated heterocycles. The summed E-state index contributed by atoms with van der Waals surface area (Å²) in [6, 6.07) is 3.64. The van der Waals surface area contributed by atoms with Crippen molar-refractivity contribution in [2.45, 2.75) is 43.3 Å². The van der Waals surface area contributed by atoms with Crippen LogP contribution in [-0.4, -0.2) is 19.9 Å². The van der Waals surface area contributed by atoms with Gasteiger partial charge in [-0.25, -0.2) is 25.8 Å². The van der Waals surface area contributed by atoms with E-state index >= 15 is 0 Å². The lowest BCUT2D eigenvalue weighted by Gasteiger charge is -2.18. The molecule has 2 rings (SSSR count). The lowest BCUT2D eigenvalue weighted by Crippen LogP contribution is -2.19. The van der Waals surface area contributed by atoms with Gasteiger partial charge in [0.1, 0.15) is 16.7 Å². The summed E-state index contributed by atoms with van der Waals surface area (Å²) in [6.07, 6.45) is 1.73. The Balaban J connectivity index is 2.36. The fourth-order valence-corrected chi connectivity index (χ4v) is 2.25. The average Bonchev–Trinajstić information content (AvgIpc) is 2.37. The molecule has 0 saturated carbocycles. The summed E-state index contributed by atoms with van der Waals surface area (Å²) in [7, 11) is 0. The van der Waals surface area contributed by atoms with Crippen LogP contribution in [0.1, 0.15) is 32.3 Å². The number of nitrogens with zero attached hydrogens (tertiary/aromatic N) is 4. The first-order chi connectivity index (χ1) is 9.38. The quantitative estimate of drug-likeness (QED) is 0.388. The topological polar surface area (TPSA) is 89.6 Å². The molecule has 0 aliphatic carbocycles. The first-order valence-corrected chi connectivity index (χ1v) is 7.04. The van der Waals surface area contributed by atoms with Crippen LogP contribution in [-0.2, 0) is 5.41 Å². The summed E-state index contributed by atoms with van der Waals surface area (Å²) in [6.45, 7) is 8.10. The summed E-state index contributed by atoms with van der Waals surface area (Å²) in [5, 5.41) is 1.43. The van der Waals surface area contributed by atoms with Gasteiger partial charge in [-0.3, -0.25) is 0 Å². The van der Waals surface area contributed by atoms with Gasteiger partial charge in [0.25, 0.3) is 0 Å². The van der Waals surface area contributed by atoms with Crippen molar-refractivity contribution in [3.63, 3.8) is 0 Å². The third-order valence-corrected chi connectivity index (χ3v) is 3.29. The molecule has 106 valence electrons. The first kappa shape index (κ1) is 14.7. The van der Waals surface area contributed by atoms with Gasteiger partial charge >= 0.3 is 0 Å². The second-order valence-electron chi connectivity index (χ2n) is 5.39. The number of hydrogen-bond donors (Lipinski definition) is 2.